The van der Waals surface area contributed by atoms with Gasteiger partial charge in [0.15, 0.2) is 11.5 Å². The Hall–Kier alpha value is -2.93. The van der Waals surface area contributed by atoms with Gasteiger partial charge in [0.25, 0.3) is 0 Å². The zero-order valence-corrected chi connectivity index (χ0v) is 16.3. The molecule has 0 aliphatic heterocycles. The van der Waals surface area contributed by atoms with Crippen molar-refractivity contribution in [3.05, 3.63) is 41.4 Å². The first-order valence-electron chi connectivity index (χ1n) is 8.03. The molecule has 0 fully saturated rings. The lowest BCUT2D eigenvalue weighted by atomic mass is 10.2. The summed E-state index contributed by atoms with van der Waals surface area (Å²) in [6.07, 6.45) is 0. The summed E-state index contributed by atoms with van der Waals surface area (Å²) < 4.78 is 15.5. The van der Waals surface area contributed by atoms with E-state index < -0.39 is 0 Å². The average Bonchev–Trinajstić information content (AvgIpc) is 2.65. The van der Waals surface area contributed by atoms with Gasteiger partial charge in [-0.1, -0.05) is 11.6 Å². The minimum absolute atomic E-state index is 0.172. The van der Waals surface area contributed by atoms with Gasteiger partial charge < -0.3 is 24.4 Å². The zero-order valence-electron chi connectivity index (χ0n) is 15.5. The third-order valence-corrected chi connectivity index (χ3v) is 4.09. The summed E-state index contributed by atoms with van der Waals surface area (Å²) >= 11 is 6.06. The highest BCUT2D eigenvalue weighted by Gasteiger charge is 2.18. The van der Waals surface area contributed by atoms with Crippen LogP contribution in [0.1, 0.15) is 6.92 Å². The van der Waals surface area contributed by atoms with Crippen LogP contribution in [0, 0.1) is 0 Å². The SMILES string of the molecule is COc1ccc(NC(=O)CN(C(C)=O)c2ccc(OC)c(OC)c2)cc1Cl. The van der Waals surface area contributed by atoms with Crippen LogP contribution in [-0.4, -0.2) is 39.7 Å². The van der Waals surface area contributed by atoms with Gasteiger partial charge in [-0.2, -0.15) is 0 Å². The van der Waals surface area contributed by atoms with Crippen molar-refractivity contribution in [1.29, 1.82) is 0 Å². The van der Waals surface area contributed by atoms with Gasteiger partial charge >= 0.3 is 0 Å². The predicted molar refractivity (Wildman–Crippen MR) is 104 cm³/mol. The van der Waals surface area contributed by atoms with Crippen LogP contribution >= 0.6 is 11.6 Å². The molecule has 0 atom stereocenters. The molecule has 2 aromatic carbocycles. The number of anilines is 2. The second-order valence-electron chi connectivity index (χ2n) is 5.54. The molecule has 2 rings (SSSR count). The molecular formula is C19H21ClN2O5. The molecular weight excluding hydrogens is 372 g/mol. The van der Waals surface area contributed by atoms with Crippen LogP contribution in [0.4, 0.5) is 11.4 Å². The normalized spacial score (nSPS) is 10.1. The van der Waals surface area contributed by atoms with Gasteiger partial charge in [-0.05, 0) is 30.3 Å². The highest BCUT2D eigenvalue weighted by atomic mass is 35.5. The first-order valence-corrected chi connectivity index (χ1v) is 8.41. The summed E-state index contributed by atoms with van der Waals surface area (Å²) in [6.45, 7) is 1.21. The number of nitrogens with zero attached hydrogens (tertiary/aromatic N) is 1. The van der Waals surface area contributed by atoms with Crippen LogP contribution in [0.3, 0.4) is 0 Å². The van der Waals surface area contributed by atoms with E-state index >= 15 is 0 Å². The number of nitrogens with one attached hydrogen (secondary N) is 1. The lowest BCUT2D eigenvalue weighted by molar-refractivity contribution is -0.120. The highest BCUT2D eigenvalue weighted by molar-refractivity contribution is 6.32. The topological polar surface area (TPSA) is 77.1 Å². The first kappa shape index (κ1) is 20.4. The minimum atomic E-state index is -0.374. The molecule has 144 valence electrons. The van der Waals surface area contributed by atoms with E-state index in [9.17, 15) is 9.59 Å². The Morgan fingerprint density at radius 2 is 1.59 bits per heavy atom. The van der Waals surface area contributed by atoms with E-state index in [4.69, 9.17) is 25.8 Å². The third-order valence-electron chi connectivity index (χ3n) is 3.80. The van der Waals surface area contributed by atoms with Gasteiger partial charge in [-0.3, -0.25) is 9.59 Å². The van der Waals surface area contributed by atoms with Crippen molar-refractivity contribution in [2.24, 2.45) is 0 Å². The van der Waals surface area contributed by atoms with Crippen LogP contribution < -0.4 is 24.4 Å². The smallest absolute Gasteiger partial charge is 0.244 e. The molecule has 2 aromatic rings. The monoisotopic (exact) mass is 392 g/mol. The second kappa shape index (κ2) is 9.14. The van der Waals surface area contributed by atoms with E-state index in [0.29, 0.717) is 33.6 Å². The number of rotatable bonds is 7. The average molecular weight is 393 g/mol. The maximum Gasteiger partial charge on any atom is 0.244 e. The number of hydrogen-bond donors (Lipinski definition) is 1. The molecule has 2 amide bonds. The summed E-state index contributed by atoms with van der Waals surface area (Å²) in [5.41, 5.74) is 1.02. The summed E-state index contributed by atoms with van der Waals surface area (Å²) in [7, 11) is 4.53. The number of amides is 2. The van der Waals surface area contributed by atoms with Crippen LogP contribution in [0.5, 0.6) is 17.2 Å². The van der Waals surface area contributed by atoms with Crippen molar-refractivity contribution in [2.75, 3.05) is 38.1 Å². The molecule has 0 radical (unpaired) electrons. The van der Waals surface area contributed by atoms with E-state index in [1.54, 1.807) is 36.4 Å². The molecule has 0 unspecified atom stereocenters. The number of benzene rings is 2. The molecule has 8 heteroatoms. The van der Waals surface area contributed by atoms with E-state index in [2.05, 4.69) is 5.32 Å². The van der Waals surface area contributed by atoms with Crippen molar-refractivity contribution < 1.29 is 23.8 Å². The van der Waals surface area contributed by atoms with Crippen molar-refractivity contribution >= 4 is 34.8 Å². The van der Waals surface area contributed by atoms with Crippen molar-refractivity contribution in [3.8, 4) is 17.2 Å². The Labute approximate surface area is 162 Å². The number of hydrogen-bond acceptors (Lipinski definition) is 5. The van der Waals surface area contributed by atoms with Crippen LogP contribution in [-0.2, 0) is 9.59 Å². The molecule has 0 saturated heterocycles. The van der Waals surface area contributed by atoms with E-state index in [0.717, 1.165) is 0 Å². The Morgan fingerprint density at radius 1 is 0.963 bits per heavy atom. The van der Waals surface area contributed by atoms with Gasteiger partial charge in [0.1, 0.15) is 12.3 Å². The summed E-state index contributed by atoms with van der Waals surface area (Å²) in [6, 6.07) is 9.88. The van der Waals surface area contributed by atoms with Gasteiger partial charge in [-0.15, -0.1) is 0 Å². The Morgan fingerprint density at radius 3 is 2.15 bits per heavy atom. The van der Waals surface area contributed by atoms with Crippen molar-refractivity contribution in [1.82, 2.24) is 0 Å². The van der Waals surface area contributed by atoms with Crippen molar-refractivity contribution in [3.63, 3.8) is 0 Å². The van der Waals surface area contributed by atoms with Crippen LogP contribution in [0.2, 0.25) is 5.02 Å². The fraction of sp³-hybridized carbons (Fsp3) is 0.263. The minimum Gasteiger partial charge on any atom is -0.495 e. The number of carbonyl (C=O) groups excluding carboxylic acids is 2. The van der Waals surface area contributed by atoms with Gasteiger partial charge in [0.2, 0.25) is 11.8 Å². The largest absolute Gasteiger partial charge is 0.495 e. The fourth-order valence-electron chi connectivity index (χ4n) is 2.47. The van der Waals surface area contributed by atoms with Gasteiger partial charge in [0.05, 0.1) is 26.4 Å². The van der Waals surface area contributed by atoms with E-state index in [-0.39, 0.29) is 18.4 Å². The summed E-state index contributed by atoms with van der Waals surface area (Å²) in [5.74, 6) is 0.836. The number of halogens is 1. The van der Waals surface area contributed by atoms with Gasteiger partial charge in [-0.25, -0.2) is 0 Å². The Balaban J connectivity index is 2.17. The number of carbonyl (C=O) groups is 2. The number of ether oxygens (including phenoxy) is 3. The standard InChI is InChI=1S/C19H21ClN2O5/c1-12(23)22(14-6-8-17(26-3)18(10-14)27-4)11-19(24)21-13-5-7-16(25-2)15(20)9-13/h5-10H,11H2,1-4H3,(H,21,24). The molecule has 0 aliphatic carbocycles. The first-order chi connectivity index (χ1) is 12.9. The third kappa shape index (κ3) is 5.04. The molecule has 0 heterocycles. The molecule has 0 aliphatic rings. The van der Waals surface area contributed by atoms with E-state index in [1.807, 2.05) is 0 Å². The van der Waals surface area contributed by atoms with Gasteiger partial charge in [0, 0.05) is 24.4 Å². The fourth-order valence-corrected chi connectivity index (χ4v) is 2.72. The Kier molecular flexibility index (Phi) is 6.90. The molecule has 0 bridgehead atoms. The molecule has 0 saturated carbocycles. The Bertz CT molecular complexity index is 841. The predicted octanol–water partition coefficient (Wildman–Crippen LogP) is 3.36. The highest BCUT2D eigenvalue weighted by Crippen LogP contribution is 2.32. The lowest BCUT2D eigenvalue weighted by Gasteiger charge is -2.22. The second-order valence-corrected chi connectivity index (χ2v) is 5.95. The molecule has 0 aromatic heterocycles. The molecule has 7 nitrogen and oxygen atoms in total. The van der Waals surface area contributed by atoms with E-state index in [1.165, 1.54) is 33.2 Å². The number of methoxy groups -OCH3 is 3. The molecule has 1 N–H and O–H groups in total. The summed E-state index contributed by atoms with van der Waals surface area (Å²) in [5, 5.41) is 3.09. The lowest BCUT2D eigenvalue weighted by Crippen LogP contribution is -2.36. The quantitative estimate of drug-likeness (QED) is 0.781. The summed E-state index contributed by atoms with van der Waals surface area (Å²) in [4.78, 5) is 25.8. The maximum atomic E-state index is 12.4. The van der Waals surface area contributed by atoms with Crippen LogP contribution in [0.25, 0.3) is 0 Å². The molecule has 0 spiro atoms. The molecule has 27 heavy (non-hydrogen) atoms. The zero-order chi connectivity index (χ0) is 20.0. The van der Waals surface area contributed by atoms with Crippen molar-refractivity contribution in [2.45, 2.75) is 6.92 Å². The van der Waals surface area contributed by atoms with Crippen LogP contribution in [0.15, 0.2) is 36.4 Å². The maximum absolute atomic E-state index is 12.4.